The molecule has 55 heavy (non-hydrogen) atoms. The van der Waals surface area contributed by atoms with Gasteiger partial charge in [0.15, 0.2) is 18.2 Å². The minimum absolute atomic E-state index is 0.0693. The Morgan fingerprint density at radius 3 is 1.98 bits per heavy atom. The van der Waals surface area contributed by atoms with Crippen LogP contribution in [0.25, 0.3) is 5.57 Å². The van der Waals surface area contributed by atoms with Crippen LogP contribution in [0.15, 0.2) is 42.2 Å². The van der Waals surface area contributed by atoms with Gasteiger partial charge in [0.2, 0.25) is 18.4 Å². The number of Topliss-reactive ketones (excluding diaryl/α,β-unsaturated/α-hetero) is 1. The maximum atomic E-state index is 14.2. The Balaban J connectivity index is 1.24. The number of fused-ring (bicyclic) bond motifs is 1. The molecule has 3 saturated heterocycles. The van der Waals surface area contributed by atoms with Crippen LogP contribution in [0.4, 0.5) is 0 Å². The molecule has 0 radical (unpaired) electrons. The maximum Gasteiger partial charge on any atom is 0.303 e. The number of carbonyl (C=O) groups excluding carboxylic acids is 2. The number of hydrogen-bond acceptors (Lipinski definition) is 19. The number of phenols is 2. The predicted octanol–water partition coefficient (Wildman–Crippen LogP) is -2.31. The summed E-state index contributed by atoms with van der Waals surface area (Å²) in [5.41, 5.74) is 0.485. The van der Waals surface area contributed by atoms with Gasteiger partial charge in [-0.3, -0.25) is 9.59 Å². The van der Waals surface area contributed by atoms with Gasteiger partial charge in [-0.05, 0) is 43.2 Å². The number of rotatable bonds is 9. The lowest BCUT2D eigenvalue weighted by atomic mass is 9.85. The molecule has 302 valence electrons. The van der Waals surface area contributed by atoms with Crippen LogP contribution in [0.5, 0.6) is 17.2 Å². The van der Waals surface area contributed by atoms with Crippen molar-refractivity contribution in [3.8, 4) is 17.2 Å². The SMILES string of the molecule is CC(=O)O[C@@H]1[C@@H](O)[C@@H](O)[C@H](OC[C@@H]2O[C@@H](OC3=C(c4ccc(O)cc4)Cc4cc(O[C@H]5O[C@@H](C)[C@H](O)[C@@H](O)[C@H]5O)cc(O)c4C3=O)[C@H](O)[C@H](O)[C@H]2O)O[C@H]1C. The van der Waals surface area contributed by atoms with Crippen molar-refractivity contribution in [2.45, 2.75) is 119 Å². The quantitative estimate of drug-likeness (QED) is 0.120. The summed E-state index contributed by atoms with van der Waals surface area (Å²) in [6, 6.07) is 8.07. The van der Waals surface area contributed by atoms with Crippen LogP contribution in [0.2, 0.25) is 0 Å². The first-order valence-electron chi connectivity index (χ1n) is 17.4. The summed E-state index contributed by atoms with van der Waals surface area (Å²) in [7, 11) is 0. The molecule has 3 heterocycles. The number of ether oxygens (including phenoxy) is 7. The van der Waals surface area contributed by atoms with Crippen LogP contribution in [0.3, 0.4) is 0 Å². The fourth-order valence-electron chi connectivity index (χ4n) is 6.87. The van der Waals surface area contributed by atoms with E-state index in [1.807, 2.05) is 0 Å². The van der Waals surface area contributed by atoms with Gasteiger partial charge >= 0.3 is 5.97 Å². The lowest BCUT2D eigenvalue weighted by molar-refractivity contribution is -0.323. The van der Waals surface area contributed by atoms with Crippen LogP contribution in [0.1, 0.15) is 42.3 Å². The molecular formula is C36H44O19. The molecule has 3 fully saturated rings. The minimum atomic E-state index is -1.94. The first-order chi connectivity index (χ1) is 26.0. The third-order valence-electron chi connectivity index (χ3n) is 9.93. The summed E-state index contributed by atoms with van der Waals surface area (Å²) in [6.07, 6.45) is -23.1. The zero-order valence-corrected chi connectivity index (χ0v) is 29.7. The van der Waals surface area contributed by atoms with E-state index in [4.69, 9.17) is 33.2 Å². The molecule has 4 aliphatic rings. The molecule has 0 unspecified atom stereocenters. The molecule has 0 saturated carbocycles. The molecule has 19 heteroatoms. The van der Waals surface area contributed by atoms with Crippen molar-refractivity contribution in [2.75, 3.05) is 6.61 Å². The first kappa shape index (κ1) is 40.7. The van der Waals surface area contributed by atoms with Crippen LogP contribution in [0, 0.1) is 0 Å². The molecule has 19 nitrogen and oxygen atoms in total. The lowest BCUT2D eigenvalue weighted by Gasteiger charge is -2.43. The smallest absolute Gasteiger partial charge is 0.303 e. The van der Waals surface area contributed by atoms with E-state index in [1.165, 1.54) is 44.2 Å². The van der Waals surface area contributed by atoms with Gasteiger partial charge in [-0.15, -0.1) is 0 Å². The van der Waals surface area contributed by atoms with E-state index in [0.717, 1.165) is 13.0 Å². The summed E-state index contributed by atoms with van der Waals surface area (Å²) in [6.45, 7) is 3.44. The topological polar surface area (TPSA) is 301 Å². The van der Waals surface area contributed by atoms with Gasteiger partial charge in [-0.1, -0.05) is 12.1 Å². The standard InChI is InChI=1S/C36H44O19/c1-12-23(40)26(43)29(46)35(50-12)53-18-8-16-9-19(15-4-6-17(38)7-5-15)33(25(42)22(16)20(39)10-18)55-36-30(47)27(44)24(41)21(54-36)11-49-34-31(48)28(45)32(13(2)51-34)52-14(3)37/h4-8,10,12-13,21,23-24,26-32,34-36,38-41,43-48H,9,11H2,1-3H3/t12-,13-,21-,23-,24-,26+,27+,28-,29+,30+,31+,32-,34+,35+,36-/m0/s1. The highest BCUT2D eigenvalue weighted by atomic mass is 16.7. The molecular weight excluding hydrogens is 736 g/mol. The zero-order valence-electron chi connectivity index (χ0n) is 29.7. The fourth-order valence-corrected chi connectivity index (χ4v) is 6.87. The second kappa shape index (κ2) is 16.3. The second-order valence-electron chi connectivity index (χ2n) is 13.9. The molecule has 0 amide bonds. The van der Waals surface area contributed by atoms with E-state index in [9.17, 15) is 60.7 Å². The van der Waals surface area contributed by atoms with Crippen molar-refractivity contribution < 1.29 is 93.8 Å². The van der Waals surface area contributed by atoms with Crippen LogP contribution in [-0.4, -0.2) is 162 Å². The van der Waals surface area contributed by atoms with Crippen molar-refractivity contribution in [1.29, 1.82) is 0 Å². The number of ketones is 1. The normalized spacial score (nSPS) is 37.9. The number of hydrogen-bond donors (Lipinski definition) is 10. The van der Waals surface area contributed by atoms with Gasteiger partial charge in [0.1, 0.15) is 72.2 Å². The average Bonchev–Trinajstić information content (AvgIpc) is 3.14. The van der Waals surface area contributed by atoms with Gasteiger partial charge in [0.05, 0.1) is 24.4 Å². The van der Waals surface area contributed by atoms with Gasteiger partial charge < -0.3 is 84.2 Å². The number of esters is 1. The number of aromatic hydroxyl groups is 2. The first-order valence-corrected chi connectivity index (χ1v) is 17.4. The van der Waals surface area contributed by atoms with E-state index in [1.54, 1.807) is 0 Å². The highest BCUT2D eigenvalue weighted by Gasteiger charge is 2.49. The molecule has 0 aromatic heterocycles. The average molecular weight is 781 g/mol. The number of allylic oxidation sites excluding steroid dienone is 2. The number of aliphatic hydroxyl groups is 8. The Kier molecular flexibility index (Phi) is 12.0. The third-order valence-corrected chi connectivity index (χ3v) is 9.93. The Labute approximate surface area is 313 Å². The van der Waals surface area contributed by atoms with Crippen molar-refractivity contribution in [1.82, 2.24) is 0 Å². The molecule has 0 bridgehead atoms. The molecule has 0 spiro atoms. The summed E-state index contributed by atoms with van der Waals surface area (Å²) < 4.78 is 39.2. The largest absolute Gasteiger partial charge is 0.508 e. The van der Waals surface area contributed by atoms with Crippen LogP contribution in [-0.2, 0) is 39.6 Å². The highest BCUT2D eigenvalue weighted by molar-refractivity contribution is 6.16. The fraction of sp³-hybridized carbons (Fsp3) is 0.556. The van der Waals surface area contributed by atoms with Crippen molar-refractivity contribution in [2.24, 2.45) is 0 Å². The Bertz CT molecular complexity index is 1750. The predicted molar refractivity (Wildman–Crippen MR) is 180 cm³/mol. The molecule has 2 aromatic rings. The van der Waals surface area contributed by atoms with E-state index in [2.05, 4.69) is 0 Å². The monoisotopic (exact) mass is 780 g/mol. The van der Waals surface area contributed by atoms with Gasteiger partial charge in [-0.2, -0.15) is 0 Å². The maximum absolute atomic E-state index is 14.2. The number of carbonyl (C=O) groups is 2. The number of phenolic OH excluding ortho intramolecular Hbond substituents is 2. The minimum Gasteiger partial charge on any atom is -0.508 e. The third kappa shape index (κ3) is 8.15. The molecule has 15 atom stereocenters. The molecule has 10 N–H and O–H groups in total. The zero-order chi connectivity index (χ0) is 40.0. The highest BCUT2D eigenvalue weighted by Crippen LogP contribution is 2.41. The number of aliphatic hydroxyl groups excluding tert-OH is 8. The Morgan fingerprint density at radius 2 is 1.33 bits per heavy atom. The van der Waals surface area contributed by atoms with Crippen molar-refractivity contribution in [3.05, 3.63) is 58.8 Å². The Hall–Kier alpha value is -3.96. The van der Waals surface area contributed by atoms with E-state index in [0.29, 0.717) is 5.56 Å². The van der Waals surface area contributed by atoms with Gasteiger partial charge in [0.25, 0.3) is 0 Å². The summed E-state index contributed by atoms with van der Waals surface area (Å²) >= 11 is 0. The van der Waals surface area contributed by atoms with Gasteiger partial charge in [-0.25, -0.2) is 0 Å². The van der Waals surface area contributed by atoms with E-state index < -0.39 is 122 Å². The molecule has 2 aromatic carbocycles. The van der Waals surface area contributed by atoms with Crippen LogP contribution >= 0.6 is 0 Å². The summed E-state index contributed by atoms with van der Waals surface area (Å²) in [4.78, 5) is 25.6. The van der Waals surface area contributed by atoms with Crippen LogP contribution < -0.4 is 4.74 Å². The van der Waals surface area contributed by atoms with Crippen molar-refractivity contribution >= 4 is 17.3 Å². The Morgan fingerprint density at radius 1 is 0.727 bits per heavy atom. The lowest BCUT2D eigenvalue weighted by Crippen LogP contribution is -2.61. The number of benzene rings is 2. The molecule has 6 rings (SSSR count). The van der Waals surface area contributed by atoms with E-state index in [-0.39, 0.29) is 34.6 Å². The van der Waals surface area contributed by atoms with Gasteiger partial charge in [0, 0.05) is 25.0 Å². The summed E-state index contributed by atoms with van der Waals surface area (Å²) in [5.74, 6) is -2.82. The van der Waals surface area contributed by atoms with E-state index >= 15 is 0 Å². The molecule has 3 aliphatic heterocycles. The molecule has 1 aliphatic carbocycles. The summed E-state index contributed by atoms with van der Waals surface area (Å²) in [5, 5.41) is 105. The second-order valence-corrected chi connectivity index (χ2v) is 13.9. The van der Waals surface area contributed by atoms with Crippen molar-refractivity contribution in [3.63, 3.8) is 0 Å².